The van der Waals surface area contributed by atoms with Gasteiger partial charge >= 0.3 is 5.97 Å². The fourth-order valence-corrected chi connectivity index (χ4v) is 4.59. The molecule has 1 amide bonds. The third-order valence-electron chi connectivity index (χ3n) is 6.10. The summed E-state index contributed by atoms with van der Waals surface area (Å²) in [6.45, 7) is 2.09. The van der Waals surface area contributed by atoms with Crippen LogP contribution in [0.2, 0.25) is 0 Å². The molecule has 2 aliphatic rings. The van der Waals surface area contributed by atoms with Crippen LogP contribution in [0.3, 0.4) is 0 Å². The fourth-order valence-electron chi connectivity index (χ4n) is 4.59. The molecule has 2 heterocycles. The summed E-state index contributed by atoms with van der Waals surface area (Å²) in [6, 6.07) is 7.29. The Balaban J connectivity index is 1.57. The minimum Gasteiger partial charge on any atom is -0.478 e. The highest BCUT2D eigenvalue weighted by atomic mass is 16.4. The summed E-state index contributed by atoms with van der Waals surface area (Å²) in [4.78, 5) is 29.8. The van der Waals surface area contributed by atoms with Gasteiger partial charge in [0.1, 0.15) is 5.82 Å². The van der Waals surface area contributed by atoms with E-state index >= 15 is 0 Å². The molecule has 0 spiro atoms. The number of hydrogen-bond acceptors (Lipinski definition) is 5. The van der Waals surface area contributed by atoms with Crippen LogP contribution in [0.25, 0.3) is 5.69 Å². The van der Waals surface area contributed by atoms with E-state index in [1.807, 2.05) is 0 Å². The Morgan fingerprint density at radius 2 is 1.72 bits per heavy atom. The maximum Gasteiger partial charge on any atom is 0.335 e. The molecule has 2 fully saturated rings. The summed E-state index contributed by atoms with van der Waals surface area (Å²) < 4.78 is 1.75. The Hall–Kier alpha value is -2.74. The molecule has 0 unspecified atom stereocenters. The average Bonchev–Trinajstić information content (AvgIpc) is 3.38. The Bertz CT molecular complexity index is 878. The van der Waals surface area contributed by atoms with Crippen LogP contribution in [0, 0.1) is 0 Å². The lowest BCUT2D eigenvalue weighted by molar-refractivity contribution is -0.117. The van der Waals surface area contributed by atoms with Crippen LogP contribution in [-0.2, 0) is 11.2 Å². The predicted molar refractivity (Wildman–Crippen MR) is 107 cm³/mol. The van der Waals surface area contributed by atoms with Gasteiger partial charge in [0.15, 0.2) is 5.82 Å². The van der Waals surface area contributed by atoms with Crippen molar-refractivity contribution in [2.24, 2.45) is 5.73 Å². The molecular weight excluding hydrogens is 370 g/mol. The van der Waals surface area contributed by atoms with Gasteiger partial charge in [-0.1, -0.05) is 12.8 Å². The van der Waals surface area contributed by atoms with E-state index in [2.05, 4.69) is 15.0 Å². The van der Waals surface area contributed by atoms with Gasteiger partial charge in [-0.3, -0.25) is 4.79 Å². The maximum absolute atomic E-state index is 11.4. The molecule has 1 saturated heterocycles. The van der Waals surface area contributed by atoms with E-state index in [4.69, 9.17) is 10.8 Å². The molecular formula is C21H27N5O3. The molecule has 1 aromatic carbocycles. The normalized spacial score (nSPS) is 18.9. The van der Waals surface area contributed by atoms with Gasteiger partial charge in [-0.2, -0.15) is 5.10 Å². The highest BCUT2D eigenvalue weighted by molar-refractivity contribution is 5.87. The van der Waals surface area contributed by atoms with Gasteiger partial charge in [0.25, 0.3) is 0 Å². The van der Waals surface area contributed by atoms with Crippen LogP contribution in [0.5, 0.6) is 0 Å². The fraction of sp³-hybridized carbons (Fsp3) is 0.524. The number of carbonyl (C=O) groups is 2. The molecule has 8 heteroatoms. The SMILES string of the molecule is NC(=O)Cc1nc(C2CCN(C3CCCC3)CC2)n(-c2ccc(C(=O)O)cc2)n1. The molecule has 1 saturated carbocycles. The first-order chi connectivity index (χ1) is 14.0. The van der Waals surface area contributed by atoms with E-state index < -0.39 is 11.9 Å². The van der Waals surface area contributed by atoms with Crippen LogP contribution in [0.15, 0.2) is 24.3 Å². The first kappa shape index (κ1) is 19.6. The summed E-state index contributed by atoms with van der Waals surface area (Å²) in [5, 5.41) is 13.6. The molecule has 0 radical (unpaired) electrons. The maximum atomic E-state index is 11.4. The minimum atomic E-state index is -0.968. The molecule has 1 aromatic heterocycles. The third-order valence-corrected chi connectivity index (χ3v) is 6.10. The number of hydrogen-bond donors (Lipinski definition) is 2. The summed E-state index contributed by atoms with van der Waals surface area (Å²) in [7, 11) is 0. The van der Waals surface area contributed by atoms with E-state index in [1.54, 1.807) is 28.9 Å². The standard InChI is InChI=1S/C21H27N5O3/c22-18(27)13-19-23-20(14-9-11-25(12-10-14)16-3-1-2-4-16)26(24-19)17-7-5-15(6-8-17)21(28)29/h5-8,14,16H,1-4,9-13H2,(H2,22,27)(H,28,29). The number of carbonyl (C=O) groups excluding carboxylic acids is 1. The van der Waals surface area contributed by atoms with Crippen molar-refractivity contribution in [2.75, 3.05) is 13.1 Å². The number of aromatic carboxylic acids is 1. The van der Waals surface area contributed by atoms with Crippen LogP contribution in [0.1, 0.15) is 66.4 Å². The van der Waals surface area contributed by atoms with Crippen LogP contribution < -0.4 is 5.73 Å². The highest BCUT2D eigenvalue weighted by Gasteiger charge is 2.30. The summed E-state index contributed by atoms with van der Waals surface area (Å²) in [6.07, 6.45) is 7.27. The number of amides is 1. The molecule has 1 aliphatic carbocycles. The molecule has 0 atom stereocenters. The van der Waals surface area contributed by atoms with Crippen molar-refractivity contribution in [3.05, 3.63) is 41.5 Å². The van der Waals surface area contributed by atoms with E-state index in [1.165, 1.54) is 25.7 Å². The van der Waals surface area contributed by atoms with Crippen molar-refractivity contribution >= 4 is 11.9 Å². The zero-order valence-electron chi connectivity index (χ0n) is 16.5. The zero-order chi connectivity index (χ0) is 20.4. The number of nitrogens with two attached hydrogens (primary N) is 1. The Morgan fingerprint density at radius 3 is 2.31 bits per heavy atom. The number of primary amides is 1. The lowest BCUT2D eigenvalue weighted by atomic mass is 9.94. The number of rotatable bonds is 6. The first-order valence-electron chi connectivity index (χ1n) is 10.3. The number of nitrogens with zero attached hydrogens (tertiary/aromatic N) is 4. The van der Waals surface area contributed by atoms with Gasteiger partial charge < -0.3 is 15.7 Å². The highest BCUT2D eigenvalue weighted by Crippen LogP contribution is 2.32. The molecule has 2 aromatic rings. The van der Waals surface area contributed by atoms with Crippen molar-refractivity contribution in [1.82, 2.24) is 19.7 Å². The largest absolute Gasteiger partial charge is 0.478 e. The van der Waals surface area contributed by atoms with Gasteiger partial charge in [0, 0.05) is 12.0 Å². The lowest BCUT2D eigenvalue weighted by Crippen LogP contribution is -2.40. The van der Waals surface area contributed by atoms with Gasteiger partial charge in [0.2, 0.25) is 5.91 Å². The molecule has 3 N–H and O–H groups in total. The quantitative estimate of drug-likeness (QED) is 0.772. The van der Waals surface area contributed by atoms with Gasteiger partial charge in [-0.05, 0) is 63.0 Å². The number of likely N-dealkylation sites (tertiary alicyclic amines) is 1. The second kappa shape index (κ2) is 8.32. The smallest absolute Gasteiger partial charge is 0.335 e. The van der Waals surface area contributed by atoms with Gasteiger partial charge in [0.05, 0.1) is 17.7 Å². The zero-order valence-corrected chi connectivity index (χ0v) is 16.5. The topological polar surface area (TPSA) is 114 Å². The molecule has 154 valence electrons. The summed E-state index contributed by atoms with van der Waals surface area (Å²) >= 11 is 0. The number of piperidine rings is 1. The van der Waals surface area contributed by atoms with Crippen LogP contribution >= 0.6 is 0 Å². The molecule has 1 aliphatic heterocycles. The third kappa shape index (κ3) is 4.32. The number of aromatic nitrogens is 3. The molecule has 8 nitrogen and oxygen atoms in total. The van der Waals surface area contributed by atoms with Crippen LogP contribution in [0.4, 0.5) is 0 Å². The summed E-state index contributed by atoms with van der Waals surface area (Å²) in [5.41, 5.74) is 6.30. The number of benzene rings is 1. The summed E-state index contributed by atoms with van der Waals surface area (Å²) in [5.74, 6) is 0.0550. The molecule has 29 heavy (non-hydrogen) atoms. The number of carboxylic acid groups (broad SMARTS) is 1. The Kier molecular flexibility index (Phi) is 5.62. The first-order valence-corrected chi connectivity index (χ1v) is 10.3. The lowest BCUT2D eigenvalue weighted by Gasteiger charge is -2.35. The van der Waals surface area contributed by atoms with Crippen molar-refractivity contribution in [3.8, 4) is 5.69 Å². The van der Waals surface area contributed by atoms with Gasteiger partial charge in [-0.15, -0.1) is 0 Å². The van der Waals surface area contributed by atoms with Gasteiger partial charge in [-0.25, -0.2) is 14.5 Å². The van der Waals surface area contributed by atoms with Crippen molar-refractivity contribution < 1.29 is 14.7 Å². The van der Waals surface area contributed by atoms with Crippen LogP contribution in [-0.4, -0.2) is 55.8 Å². The van der Waals surface area contributed by atoms with Crippen molar-refractivity contribution in [2.45, 2.75) is 56.9 Å². The predicted octanol–water partition coefficient (Wildman–Crippen LogP) is 2.12. The molecule has 0 bridgehead atoms. The Morgan fingerprint density at radius 1 is 1.07 bits per heavy atom. The monoisotopic (exact) mass is 397 g/mol. The van der Waals surface area contributed by atoms with E-state index in [-0.39, 0.29) is 17.9 Å². The van der Waals surface area contributed by atoms with E-state index in [0.717, 1.165) is 43.5 Å². The second-order valence-corrected chi connectivity index (χ2v) is 8.04. The molecule has 4 rings (SSSR count). The van der Waals surface area contributed by atoms with Crippen molar-refractivity contribution in [1.29, 1.82) is 0 Å². The second-order valence-electron chi connectivity index (χ2n) is 8.04. The number of carboxylic acids is 1. The van der Waals surface area contributed by atoms with Crippen molar-refractivity contribution in [3.63, 3.8) is 0 Å². The minimum absolute atomic E-state index is 0.00582. The Labute approximate surface area is 169 Å². The van der Waals surface area contributed by atoms with E-state index in [9.17, 15) is 9.59 Å². The van der Waals surface area contributed by atoms with E-state index in [0.29, 0.717) is 5.82 Å². The average molecular weight is 397 g/mol.